The number of thioether (sulfide) groups is 1. The molecule has 0 aliphatic rings. The molecule has 5 nitrogen and oxygen atoms in total. The zero-order chi connectivity index (χ0) is 17.0. The molecule has 0 unspecified atom stereocenters. The third-order valence-electron chi connectivity index (χ3n) is 2.91. The van der Waals surface area contributed by atoms with Crippen molar-refractivity contribution in [3.05, 3.63) is 63.2 Å². The van der Waals surface area contributed by atoms with Crippen LogP contribution in [0.4, 0.5) is 11.4 Å². The first kappa shape index (κ1) is 17.3. The average molecular weight is 351 g/mol. The van der Waals surface area contributed by atoms with E-state index in [1.54, 1.807) is 23.9 Å². The molecule has 2 aromatic rings. The lowest BCUT2D eigenvalue weighted by atomic mass is 10.2. The van der Waals surface area contributed by atoms with Crippen molar-refractivity contribution < 1.29 is 9.72 Å². The molecule has 2 aromatic carbocycles. The lowest BCUT2D eigenvalue weighted by molar-refractivity contribution is -0.384. The van der Waals surface area contributed by atoms with Gasteiger partial charge in [-0.1, -0.05) is 37.6 Å². The molecule has 0 aliphatic heterocycles. The minimum atomic E-state index is -0.536. The second kappa shape index (κ2) is 7.48. The quantitative estimate of drug-likeness (QED) is 0.468. The summed E-state index contributed by atoms with van der Waals surface area (Å²) in [6, 6.07) is 11.2. The van der Waals surface area contributed by atoms with Crippen molar-refractivity contribution in [1.29, 1.82) is 0 Å². The molecule has 0 aliphatic carbocycles. The van der Waals surface area contributed by atoms with Gasteiger partial charge in [0.2, 0.25) is 0 Å². The van der Waals surface area contributed by atoms with Crippen molar-refractivity contribution in [2.75, 3.05) is 5.32 Å². The van der Waals surface area contributed by atoms with Gasteiger partial charge in [-0.05, 0) is 18.2 Å². The lowest BCUT2D eigenvalue weighted by Gasteiger charge is -2.12. The second-order valence-electron chi connectivity index (χ2n) is 5.04. The fraction of sp³-hybridized carbons (Fsp3) is 0.188. The number of anilines is 1. The fourth-order valence-electron chi connectivity index (χ4n) is 1.92. The van der Waals surface area contributed by atoms with Crippen LogP contribution in [0.15, 0.2) is 47.4 Å². The minimum Gasteiger partial charge on any atom is -0.321 e. The van der Waals surface area contributed by atoms with Crippen LogP contribution in [-0.2, 0) is 0 Å². The number of carbonyl (C=O) groups is 1. The molecule has 0 heterocycles. The maximum absolute atomic E-state index is 12.5. The molecular formula is C16H15ClN2O3S. The van der Waals surface area contributed by atoms with E-state index in [0.29, 0.717) is 16.5 Å². The molecule has 0 atom stereocenters. The van der Waals surface area contributed by atoms with Gasteiger partial charge in [0.05, 0.1) is 21.2 Å². The normalized spacial score (nSPS) is 10.6. The maximum atomic E-state index is 12.5. The van der Waals surface area contributed by atoms with Gasteiger partial charge in [-0.25, -0.2) is 0 Å². The van der Waals surface area contributed by atoms with E-state index in [2.05, 4.69) is 5.32 Å². The number of rotatable bonds is 5. The van der Waals surface area contributed by atoms with E-state index < -0.39 is 4.92 Å². The highest BCUT2D eigenvalue weighted by atomic mass is 35.5. The number of nitro groups is 1. The number of carbonyl (C=O) groups excluding carboxylic acids is 1. The number of halogens is 1. The molecular weight excluding hydrogens is 336 g/mol. The van der Waals surface area contributed by atoms with E-state index in [9.17, 15) is 14.9 Å². The van der Waals surface area contributed by atoms with Gasteiger partial charge in [0, 0.05) is 22.3 Å². The average Bonchev–Trinajstić information content (AvgIpc) is 2.49. The third kappa shape index (κ3) is 4.46. The van der Waals surface area contributed by atoms with Crippen molar-refractivity contribution in [2.45, 2.75) is 24.0 Å². The standard InChI is InChI=1S/C16H15ClN2O3S/c1-10(2)23-15-6-4-3-5-12(15)16(20)18-14-8-7-11(19(21)22)9-13(14)17/h3-10H,1-2H3,(H,18,20). The number of benzene rings is 2. The van der Waals surface area contributed by atoms with Gasteiger partial charge in [-0.2, -0.15) is 0 Å². The summed E-state index contributed by atoms with van der Waals surface area (Å²) in [7, 11) is 0. The van der Waals surface area contributed by atoms with Crippen LogP contribution >= 0.6 is 23.4 Å². The van der Waals surface area contributed by atoms with Gasteiger partial charge in [0.25, 0.3) is 11.6 Å². The number of amides is 1. The van der Waals surface area contributed by atoms with Gasteiger partial charge in [-0.15, -0.1) is 11.8 Å². The van der Waals surface area contributed by atoms with Crippen molar-refractivity contribution in [2.24, 2.45) is 0 Å². The molecule has 0 bridgehead atoms. The van der Waals surface area contributed by atoms with Crippen molar-refractivity contribution >= 4 is 40.6 Å². The summed E-state index contributed by atoms with van der Waals surface area (Å²) in [5.74, 6) is -0.301. The summed E-state index contributed by atoms with van der Waals surface area (Å²) < 4.78 is 0. The first-order chi connectivity index (χ1) is 10.9. The summed E-state index contributed by atoms with van der Waals surface area (Å²) in [5.41, 5.74) is 0.760. The van der Waals surface area contributed by atoms with Gasteiger partial charge < -0.3 is 5.32 Å². The number of nitro benzene ring substituents is 1. The molecule has 1 amide bonds. The van der Waals surface area contributed by atoms with E-state index in [-0.39, 0.29) is 16.6 Å². The van der Waals surface area contributed by atoms with Crippen molar-refractivity contribution in [1.82, 2.24) is 0 Å². The van der Waals surface area contributed by atoms with E-state index in [0.717, 1.165) is 4.90 Å². The highest BCUT2D eigenvalue weighted by molar-refractivity contribution is 8.00. The lowest BCUT2D eigenvalue weighted by Crippen LogP contribution is -2.13. The molecule has 0 radical (unpaired) electrons. The first-order valence-electron chi connectivity index (χ1n) is 6.89. The van der Waals surface area contributed by atoms with E-state index in [4.69, 9.17) is 11.6 Å². The molecule has 0 saturated carbocycles. The number of hydrogen-bond donors (Lipinski definition) is 1. The Morgan fingerprint density at radius 3 is 2.57 bits per heavy atom. The molecule has 0 aromatic heterocycles. The molecule has 0 spiro atoms. The largest absolute Gasteiger partial charge is 0.321 e. The zero-order valence-electron chi connectivity index (χ0n) is 12.6. The number of non-ortho nitro benzene ring substituents is 1. The van der Waals surface area contributed by atoms with Crippen LogP contribution in [0, 0.1) is 10.1 Å². The summed E-state index contributed by atoms with van der Waals surface area (Å²) in [4.78, 5) is 23.5. The Morgan fingerprint density at radius 2 is 1.96 bits per heavy atom. The number of nitrogens with zero attached hydrogens (tertiary/aromatic N) is 1. The third-order valence-corrected chi connectivity index (χ3v) is 4.30. The predicted molar refractivity (Wildman–Crippen MR) is 93.5 cm³/mol. The van der Waals surface area contributed by atoms with Crippen molar-refractivity contribution in [3.63, 3.8) is 0 Å². The Labute approximate surface area is 143 Å². The molecule has 1 N–H and O–H groups in total. The zero-order valence-corrected chi connectivity index (χ0v) is 14.1. The molecule has 0 fully saturated rings. The second-order valence-corrected chi connectivity index (χ2v) is 7.06. The Morgan fingerprint density at radius 1 is 1.26 bits per heavy atom. The Balaban J connectivity index is 2.24. The SMILES string of the molecule is CC(C)Sc1ccccc1C(=O)Nc1ccc([N+](=O)[O-])cc1Cl. The van der Waals surface area contributed by atoms with E-state index >= 15 is 0 Å². The number of nitrogens with one attached hydrogen (secondary N) is 1. The van der Waals surface area contributed by atoms with Crippen LogP contribution in [0.25, 0.3) is 0 Å². The van der Waals surface area contributed by atoms with Crippen LogP contribution in [0.3, 0.4) is 0 Å². The summed E-state index contributed by atoms with van der Waals surface area (Å²) in [6.45, 7) is 4.10. The van der Waals surface area contributed by atoms with Gasteiger partial charge in [-0.3, -0.25) is 14.9 Å². The van der Waals surface area contributed by atoms with Gasteiger partial charge in [0.15, 0.2) is 0 Å². The molecule has 0 saturated heterocycles. The maximum Gasteiger partial charge on any atom is 0.271 e. The topological polar surface area (TPSA) is 72.2 Å². The Kier molecular flexibility index (Phi) is 5.63. The monoisotopic (exact) mass is 350 g/mol. The van der Waals surface area contributed by atoms with E-state index in [1.807, 2.05) is 26.0 Å². The number of hydrogen-bond acceptors (Lipinski definition) is 4. The van der Waals surface area contributed by atoms with E-state index in [1.165, 1.54) is 18.2 Å². The van der Waals surface area contributed by atoms with Crippen molar-refractivity contribution in [3.8, 4) is 0 Å². The molecule has 2 rings (SSSR count). The van der Waals surface area contributed by atoms with Crippen LogP contribution in [0.5, 0.6) is 0 Å². The van der Waals surface area contributed by atoms with Gasteiger partial charge in [0.1, 0.15) is 0 Å². The fourth-order valence-corrected chi connectivity index (χ4v) is 3.09. The highest BCUT2D eigenvalue weighted by Gasteiger charge is 2.15. The molecule has 7 heteroatoms. The first-order valence-corrected chi connectivity index (χ1v) is 8.15. The highest BCUT2D eigenvalue weighted by Crippen LogP contribution is 2.30. The summed E-state index contributed by atoms with van der Waals surface area (Å²) >= 11 is 7.60. The Hall–Kier alpha value is -2.05. The smallest absolute Gasteiger partial charge is 0.271 e. The Bertz CT molecular complexity index is 750. The van der Waals surface area contributed by atoms with Crippen LogP contribution < -0.4 is 5.32 Å². The van der Waals surface area contributed by atoms with Gasteiger partial charge >= 0.3 is 0 Å². The minimum absolute atomic E-state index is 0.122. The summed E-state index contributed by atoms with van der Waals surface area (Å²) in [6.07, 6.45) is 0. The van der Waals surface area contributed by atoms with Crippen LogP contribution in [0.1, 0.15) is 24.2 Å². The predicted octanol–water partition coefficient (Wildman–Crippen LogP) is 5.00. The summed E-state index contributed by atoms with van der Waals surface area (Å²) in [5, 5.41) is 13.9. The van der Waals surface area contributed by atoms with Crippen LogP contribution in [0.2, 0.25) is 5.02 Å². The molecule has 120 valence electrons. The van der Waals surface area contributed by atoms with Crippen LogP contribution in [-0.4, -0.2) is 16.1 Å². The molecule has 23 heavy (non-hydrogen) atoms.